The van der Waals surface area contributed by atoms with Crippen molar-refractivity contribution in [3.05, 3.63) is 0 Å². The maximum atomic E-state index is 11.3. The number of piperazine rings is 1. The summed E-state index contributed by atoms with van der Waals surface area (Å²) in [5.41, 5.74) is 0. The molecule has 0 aromatic rings. The molecule has 1 rings (SSSR count). The van der Waals surface area contributed by atoms with Crippen molar-refractivity contribution in [1.29, 1.82) is 0 Å². The molecular weight excluding hydrogens is 168 g/mol. The fraction of sp³-hybridized carbons (Fsp3) is 0.889. The first-order valence-electron chi connectivity index (χ1n) is 4.68. The monoisotopic (exact) mass is 186 g/mol. The average molecular weight is 186 g/mol. The van der Waals surface area contributed by atoms with Crippen LogP contribution in [0.25, 0.3) is 0 Å². The van der Waals surface area contributed by atoms with Gasteiger partial charge in [-0.15, -0.1) is 0 Å². The van der Waals surface area contributed by atoms with Gasteiger partial charge in [-0.25, -0.2) is 0 Å². The number of rotatable bonds is 1. The van der Waals surface area contributed by atoms with Crippen molar-refractivity contribution in [2.45, 2.75) is 32.9 Å². The standard InChI is InChI=1S/C9H18N2O2/c1-7-4-10(6-12)5-8(2)11(7)9(3)13/h7-8,12H,4-6H2,1-3H3/t7-,8+. The Labute approximate surface area is 79.1 Å². The van der Waals surface area contributed by atoms with Crippen LogP contribution in [0.1, 0.15) is 20.8 Å². The lowest BCUT2D eigenvalue weighted by atomic mass is 10.1. The van der Waals surface area contributed by atoms with Crippen LogP contribution in [-0.4, -0.2) is 52.7 Å². The van der Waals surface area contributed by atoms with Gasteiger partial charge >= 0.3 is 0 Å². The van der Waals surface area contributed by atoms with Crippen molar-refractivity contribution >= 4 is 5.91 Å². The summed E-state index contributed by atoms with van der Waals surface area (Å²) >= 11 is 0. The fourth-order valence-corrected chi connectivity index (χ4v) is 2.17. The third-order valence-electron chi connectivity index (χ3n) is 2.56. The molecule has 13 heavy (non-hydrogen) atoms. The second-order valence-corrected chi connectivity index (χ2v) is 3.80. The van der Waals surface area contributed by atoms with Gasteiger partial charge in [-0.1, -0.05) is 0 Å². The molecule has 1 aliphatic heterocycles. The predicted molar refractivity (Wildman–Crippen MR) is 50.1 cm³/mol. The molecule has 1 aliphatic rings. The zero-order valence-electron chi connectivity index (χ0n) is 8.53. The first kappa shape index (κ1) is 10.5. The Kier molecular flexibility index (Phi) is 3.27. The Bertz CT molecular complexity index is 184. The molecule has 4 heteroatoms. The normalized spacial score (nSPS) is 30.6. The third kappa shape index (κ3) is 2.19. The molecule has 0 spiro atoms. The molecule has 0 saturated carbocycles. The van der Waals surface area contributed by atoms with Gasteiger partial charge in [0, 0.05) is 32.1 Å². The van der Waals surface area contributed by atoms with Gasteiger partial charge in [-0.05, 0) is 13.8 Å². The van der Waals surface area contributed by atoms with E-state index < -0.39 is 0 Å². The van der Waals surface area contributed by atoms with Crippen molar-refractivity contribution in [2.24, 2.45) is 0 Å². The van der Waals surface area contributed by atoms with E-state index >= 15 is 0 Å². The largest absolute Gasteiger partial charge is 0.381 e. The summed E-state index contributed by atoms with van der Waals surface area (Å²) in [6, 6.07) is 0.404. The molecule has 0 aromatic carbocycles. The molecule has 1 saturated heterocycles. The summed E-state index contributed by atoms with van der Waals surface area (Å²) < 4.78 is 0. The van der Waals surface area contributed by atoms with Crippen LogP contribution in [-0.2, 0) is 4.79 Å². The molecule has 0 aliphatic carbocycles. The summed E-state index contributed by atoms with van der Waals surface area (Å²) in [6.07, 6.45) is 0. The quantitative estimate of drug-likeness (QED) is 0.621. The molecule has 0 unspecified atom stereocenters. The van der Waals surface area contributed by atoms with Gasteiger partial charge in [0.05, 0.1) is 6.73 Å². The third-order valence-corrected chi connectivity index (χ3v) is 2.56. The summed E-state index contributed by atoms with van der Waals surface area (Å²) in [6.45, 7) is 7.24. The Morgan fingerprint density at radius 3 is 2.15 bits per heavy atom. The van der Waals surface area contributed by atoms with E-state index in [-0.39, 0.29) is 24.7 Å². The smallest absolute Gasteiger partial charge is 0.220 e. The second-order valence-electron chi connectivity index (χ2n) is 3.80. The number of amides is 1. The molecule has 1 heterocycles. The van der Waals surface area contributed by atoms with Crippen LogP contribution in [0, 0.1) is 0 Å². The van der Waals surface area contributed by atoms with Gasteiger partial charge in [0.1, 0.15) is 0 Å². The molecule has 1 amide bonds. The maximum absolute atomic E-state index is 11.3. The SMILES string of the molecule is CC(=O)N1[C@H](C)CN(CO)C[C@@H]1C. The van der Waals surface area contributed by atoms with Gasteiger partial charge in [-0.2, -0.15) is 0 Å². The van der Waals surface area contributed by atoms with Crippen molar-refractivity contribution < 1.29 is 9.90 Å². The van der Waals surface area contributed by atoms with Crippen LogP contribution in [0.2, 0.25) is 0 Å². The number of nitrogens with zero attached hydrogens (tertiary/aromatic N) is 2. The van der Waals surface area contributed by atoms with Crippen molar-refractivity contribution in [2.75, 3.05) is 19.8 Å². The second kappa shape index (κ2) is 4.07. The molecule has 0 radical (unpaired) electrons. The minimum absolute atomic E-state index is 0.0838. The van der Waals surface area contributed by atoms with E-state index in [2.05, 4.69) is 0 Å². The van der Waals surface area contributed by atoms with Crippen molar-refractivity contribution in [1.82, 2.24) is 9.80 Å². The lowest BCUT2D eigenvalue weighted by molar-refractivity contribution is -0.137. The molecular formula is C9H18N2O2. The van der Waals surface area contributed by atoms with Crippen LogP contribution in [0.5, 0.6) is 0 Å². The average Bonchev–Trinajstić information content (AvgIpc) is 2.02. The maximum Gasteiger partial charge on any atom is 0.220 e. The lowest BCUT2D eigenvalue weighted by Crippen LogP contribution is -2.58. The summed E-state index contributed by atoms with van der Waals surface area (Å²) in [7, 11) is 0. The number of aliphatic hydroxyl groups excluding tert-OH is 1. The Morgan fingerprint density at radius 1 is 1.38 bits per heavy atom. The van der Waals surface area contributed by atoms with Gasteiger partial charge < -0.3 is 10.0 Å². The fourth-order valence-electron chi connectivity index (χ4n) is 2.17. The number of carbonyl (C=O) groups excluding carboxylic acids is 1. The van der Waals surface area contributed by atoms with Crippen LogP contribution < -0.4 is 0 Å². The van der Waals surface area contributed by atoms with Crippen LogP contribution in [0.4, 0.5) is 0 Å². The van der Waals surface area contributed by atoms with Gasteiger partial charge in [-0.3, -0.25) is 9.69 Å². The Hall–Kier alpha value is -0.610. The lowest BCUT2D eigenvalue weighted by Gasteiger charge is -2.43. The van der Waals surface area contributed by atoms with Crippen molar-refractivity contribution in [3.8, 4) is 0 Å². The van der Waals surface area contributed by atoms with Gasteiger partial charge in [0.25, 0.3) is 0 Å². The Balaban J connectivity index is 2.64. The molecule has 4 nitrogen and oxygen atoms in total. The highest BCUT2D eigenvalue weighted by atomic mass is 16.3. The zero-order chi connectivity index (χ0) is 10.0. The van der Waals surface area contributed by atoms with Gasteiger partial charge in [0.2, 0.25) is 5.91 Å². The van der Waals surface area contributed by atoms with E-state index in [0.29, 0.717) is 0 Å². The number of aliphatic hydroxyl groups is 1. The highest BCUT2D eigenvalue weighted by Gasteiger charge is 2.30. The minimum Gasteiger partial charge on any atom is -0.381 e. The molecule has 2 atom stereocenters. The molecule has 76 valence electrons. The molecule has 1 fully saturated rings. The summed E-state index contributed by atoms with van der Waals surface area (Å²) in [5.74, 6) is 0.123. The topological polar surface area (TPSA) is 43.8 Å². The Morgan fingerprint density at radius 2 is 1.85 bits per heavy atom. The van der Waals surface area contributed by atoms with Gasteiger partial charge in [0.15, 0.2) is 0 Å². The van der Waals surface area contributed by atoms with Crippen LogP contribution in [0.15, 0.2) is 0 Å². The first-order valence-corrected chi connectivity index (χ1v) is 4.68. The van der Waals surface area contributed by atoms with Crippen LogP contribution in [0.3, 0.4) is 0 Å². The highest BCUT2D eigenvalue weighted by Crippen LogP contribution is 2.14. The van der Waals surface area contributed by atoms with Crippen molar-refractivity contribution in [3.63, 3.8) is 0 Å². The zero-order valence-corrected chi connectivity index (χ0v) is 8.53. The number of hydrogen-bond acceptors (Lipinski definition) is 3. The summed E-state index contributed by atoms with van der Waals surface area (Å²) in [4.78, 5) is 15.1. The van der Waals surface area contributed by atoms with E-state index in [4.69, 9.17) is 5.11 Å². The van der Waals surface area contributed by atoms with E-state index in [1.165, 1.54) is 0 Å². The molecule has 1 N–H and O–H groups in total. The predicted octanol–water partition coefficient (Wildman–Crippen LogP) is -0.123. The summed E-state index contributed by atoms with van der Waals surface area (Å²) in [5, 5.41) is 8.97. The molecule has 0 aromatic heterocycles. The number of carbonyl (C=O) groups is 1. The minimum atomic E-state index is 0.0838. The van der Waals surface area contributed by atoms with E-state index in [0.717, 1.165) is 13.1 Å². The van der Waals surface area contributed by atoms with Crippen LogP contribution >= 0.6 is 0 Å². The van der Waals surface area contributed by atoms with E-state index in [1.807, 2.05) is 23.6 Å². The van der Waals surface area contributed by atoms with E-state index in [1.54, 1.807) is 6.92 Å². The highest BCUT2D eigenvalue weighted by molar-refractivity contribution is 5.74. The first-order chi connectivity index (χ1) is 6.06. The van der Waals surface area contributed by atoms with E-state index in [9.17, 15) is 4.79 Å². The number of hydrogen-bond donors (Lipinski definition) is 1. The molecule has 0 bridgehead atoms.